The van der Waals surface area contributed by atoms with Crippen molar-refractivity contribution in [3.63, 3.8) is 0 Å². The van der Waals surface area contributed by atoms with Crippen LogP contribution >= 0.6 is 0 Å². The van der Waals surface area contributed by atoms with E-state index in [0.717, 1.165) is 0 Å². The molecule has 3 N–H and O–H groups in total. The average Bonchev–Trinajstić information content (AvgIpc) is 2.23. The van der Waals surface area contributed by atoms with E-state index in [1.807, 2.05) is 0 Å². The Morgan fingerprint density at radius 3 is 2.26 bits per heavy atom. The minimum absolute atomic E-state index is 0.0691. The van der Waals surface area contributed by atoms with Gasteiger partial charge >= 0.3 is 5.97 Å². The number of carbonyl (C=O) groups excluding carboxylic acids is 1. The van der Waals surface area contributed by atoms with Gasteiger partial charge in [-0.1, -0.05) is 20.8 Å². The molecule has 5 nitrogen and oxygen atoms in total. The molecule has 5 heteroatoms. The minimum Gasteiger partial charge on any atom is -0.508 e. The summed E-state index contributed by atoms with van der Waals surface area (Å²) in [5.41, 5.74) is 0.357. The summed E-state index contributed by atoms with van der Waals surface area (Å²) >= 11 is 0. The van der Waals surface area contributed by atoms with Crippen molar-refractivity contribution in [2.75, 3.05) is 0 Å². The van der Waals surface area contributed by atoms with Crippen LogP contribution in [0.15, 0.2) is 18.2 Å². The number of amides is 1. The molecule has 1 unspecified atom stereocenters. The summed E-state index contributed by atoms with van der Waals surface area (Å²) < 4.78 is 0. The molecule has 1 aromatic rings. The third-order valence-corrected chi connectivity index (χ3v) is 2.84. The fraction of sp³-hybridized carbons (Fsp3) is 0.429. The number of carboxylic acid groups (broad SMARTS) is 1. The van der Waals surface area contributed by atoms with Crippen LogP contribution in [-0.2, 0) is 4.79 Å². The van der Waals surface area contributed by atoms with E-state index in [2.05, 4.69) is 5.32 Å². The summed E-state index contributed by atoms with van der Waals surface area (Å²) in [5.74, 6) is -1.46. The van der Waals surface area contributed by atoms with Gasteiger partial charge < -0.3 is 15.5 Å². The zero-order valence-corrected chi connectivity index (χ0v) is 11.5. The molecule has 0 fully saturated rings. The summed E-state index contributed by atoms with van der Waals surface area (Å²) in [6.45, 7) is 6.92. The number of carboxylic acids is 1. The summed E-state index contributed by atoms with van der Waals surface area (Å²) in [6, 6.07) is 3.35. The number of rotatable bonds is 3. The Morgan fingerprint density at radius 1 is 1.26 bits per heavy atom. The van der Waals surface area contributed by atoms with Gasteiger partial charge in [0.15, 0.2) is 0 Å². The smallest absolute Gasteiger partial charge is 0.326 e. The molecule has 1 amide bonds. The molecule has 0 bridgehead atoms. The van der Waals surface area contributed by atoms with Gasteiger partial charge in [-0.25, -0.2) is 4.79 Å². The van der Waals surface area contributed by atoms with E-state index in [-0.39, 0.29) is 5.75 Å². The number of aryl methyl sites for hydroxylation is 1. The molecular weight excluding hydrogens is 246 g/mol. The first kappa shape index (κ1) is 15.0. The standard InChI is InChI=1S/C14H19NO4/c1-8-7-9(16)5-6-10(8)12(17)15-11(13(18)19)14(2,3)4/h5-7,11,16H,1-4H3,(H,15,17)(H,18,19). The number of hydrogen-bond acceptors (Lipinski definition) is 3. The van der Waals surface area contributed by atoms with Crippen LogP contribution in [0.4, 0.5) is 0 Å². The van der Waals surface area contributed by atoms with Crippen molar-refractivity contribution in [3.05, 3.63) is 29.3 Å². The molecular formula is C14H19NO4. The van der Waals surface area contributed by atoms with Crippen LogP contribution in [0.25, 0.3) is 0 Å². The number of aliphatic carboxylic acids is 1. The largest absolute Gasteiger partial charge is 0.508 e. The predicted molar refractivity (Wildman–Crippen MR) is 71.2 cm³/mol. The highest BCUT2D eigenvalue weighted by Gasteiger charge is 2.33. The SMILES string of the molecule is Cc1cc(O)ccc1C(=O)NC(C(=O)O)C(C)(C)C. The van der Waals surface area contributed by atoms with Gasteiger partial charge in [-0.2, -0.15) is 0 Å². The van der Waals surface area contributed by atoms with E-state index in [4.69, 9.17) is 5.11 Å². The van der Waals surface area contributed by atoms with E-state index in [0.29, 0.717) is 11.1 Å². The molecule has 0 radical (unpaired) electrons. The lowest BCUT2D eigenvalue weighted by Gasteiger charge is -2.28. The van der Waals surface area contributed by atoms with Gasteiger partial charge in [-0.15, -0.1) is 0 Å². The Balaban J connectivity index is 2.98. The maximum absolute atomic E-state index is 12.1. The van der Waals surface area contributed by atoms with E-state index in [9.17, 15) is 14.7 Å². The average molecular weight is 265 g/mol. The van der Waals surface area contributed by atoms with Gasteiger partial charge in [0.2, 0.25) is 0 Å². The van der Waals surface area contributed by atoms with Crippen LogP contribution < -0.4 is 5.32 Å². The van der Waals surface area contributed by atoms with Crippen molar-refractivity contribution >= 4 is 11.9 Å². The quantitative estimate of drug-likeness (QED) is 0.779. The Morgan fingerprint density at radius 2 is 1.84 bits per heavy atom. The summed E-state index contributed by atoms with van der Waals surface area (Å²) in [4.78, 5) is 23.3. The molecule has 0 aliphatic heterocycles. The molecule has 1 atom stereocenters. The zero-order valence-electron chi connectivity index (χ0n) is 11.5. The second-order valence-corrected chi connectivity index (χ2v) is 5.61. The number of phenols is 1. The van der Waals surface area contributed by atoms with Crippen LogP contribution in [-0.4, -0.2) is 28.1 Å². The topological polar surface area (TPSA) is 86.6 Å². The predicted octanol–water partition coefficient (Wildman–Crippen LogP) is 1.93. The second-order valence-electron chi connectivity index (χ2n) is 5.61. The third kappa shape index (κ3) is 3.71. The highest BCUT2D eigenvalue weighted by molar-refractivity contribution is 5.98. The lowest BCUT2D eigenvalue weighted by molar-refractivity contribution is -0.142. The van der Waals surface area contributed by atoms with Gasteiger partial charge in [0.25, 0.3) is 5.91 Å². The van der Waals surface area contributed by atoms with Crippen LogP contribution in [0.3, 0.4) is 0 Å². The van der Waals surface area contributed by atoms with Crippen LogP contribution in [0.1, 0.15) is 36.7 Å². The number of carbonyl (C=O) groups is 2. The molecule has 1 aromatic carbocycles. The Labute approximate surface area is 112 Å². The normalized spacial score (nSPS) is 12.8. The lowest BCUT2D eigenvalue weighted by atomic mass is 9.86. The summed E-state index contributed by atoms with van der Waals surface area (Å²) in [6.07, 6.45) is 0. The molecule has 0 aliphatic rings. The number of nitrogens with one attached hydrogen (secondary N) is 1. The summed E-state index contributed by atoms with van der Waals surface area (Å²) in [5, 5.41) is 21.0. The first-order valence-electron chi connectivity index (χ1n) is 5.96. The number of hydrogen-bond donors (Lipinski definition) is 3. The zero-order chi connectivity index (χ0) is 14.8. The Hall–Kier alpha value is -2.04. The molecule has 0 spiro atoms. The van der Waals surface area contributed by atoms with Gasteiger partial charge in [0.05, 0.1) is 0 Å². The monoisotopic (exact) mass is 265 g/mol. The van der Waals surface area contributed by atoms with Crippen LogP contribution in [0, 0.1) is 12.3 Å². The number of aromatic hydroxyl groups is 1. The van der Waals surface area contributed by atoms with Crippen LogP contribution in [0.2, 0.25) is 0 Å². The van der Waals surface area contributed by atoms with E-state index in [1.54, 1.807) is 27.7 Å². The van der Waals surface area contributed by atoms with Gasteiger partial charge in [0.1, 0.15) is 11.8 Å². The highest BCUT2D eigenvalue weighted by Crippen LogP contribution is 2.21. The molecule has 0 saturated carbocycles. The second kappa shape index (κ2) is 5.30. The van der Waals surface area contributed by atoms with Crippen molar-refractivity contribution in [2.45, 2.75) is 33.7 Å². The lowest BCUT2D eigenvalue weighted by Crippen LogP contribution is -2.49. The van der Waals surface area contributed by atoms with Crippen molar-refractivity contribution in [2.24, 2.45) is 5.41 Å². The fourth-order valence-corrected chi connectivity index (χ4v) is 1.76. The van der Waals surface area contributed by atoms with Crippen molar-refractivity contribution in [1.29, 1.82) is 0 Å². The van der Waals surface area contributed by atoms with Crippen molar-refractivity contribution in [1.82, 2.24) is 5.32 Å². The molecule has 19 heavy (non-hydrogen) atoms. The summed E-state index contributed by atoms with van der Waals surface area (Å²) in [7, 11) is 0. The van der Waals surface area contributed by atoms with Crippen molar-refractivity contribution in [3.8, 4) is 5.75 Å². The molecule has 0 aromatic heterocycles. The van der Waals surface area contributed by atoms with Crippen LogP contribution in [0.5, 0.6) is 5.75 Å². The fourth-order valence-electron chi connectivity index (χ4n) is 1.76. The minimum atomic E-state index is -1.07. The van der Waals surface area contributed by atoms with E-state index < -0.39 is 23.3 Å². The van der Waals surface area contributed by atoms with E-state index >= 15 is 0 Å². The molecule has 0 heterocycles. The molecule has 1 rings (SSSR count). The first-order valence-corrected chi connectivity index (χ1v) is 5.96. The Kier molecular flexibility index (Phi) is 4.19. The van der Waals surface area contributed by atoms with Gasteiger partial charge in [0, 0.05) is 5.56 Å². The molecule has 104 valence electrons. The molecule has 0 aliphatic carbocycles. The highest BCUT2D eigenvalue weighted by atomic mass is 16.4. The number of benzene rings is 1. The van der Waals surface area contributed by atoms with Gasteiger partial charge in [-0.3, -0.25) is 4.79 Å². The maximum atomic E-state index is 12.1. The van der Waals surface area contributed by atoms with Gasteiger partial charge in [-0.05, 0) is 36.1 Å². The Bertz CT molecular complexity index is 503. The maximum Gasteiger partial charge on any atom is 0.326 e. The third-order valence-electron chi connectivity index (χ3n) is 2.84. The van der Waals surface area contributed by atoms with Crippen molar-refractivity contribution < 1.29 is 19.8 Å². The first-order chi connectivity index (χ1) is 8.62. The molecule has 0 saturated heterocycles. The number of phenolic OH excluding ortho intramolecular Hbond substituents is 1. The van der Waals surface area contributed by atoms with E-state index in [1.165, 1.54) is 18.2 Å².